The first-order valence-electron chi connectivity index (χ1n) is 8.71. The number of rotatable bonds is 6. The maximum absolute atomic E-state index is 5.42. The van der Waals surface area contributed by atoms with Crippen LogP contribution < -0.4 is 15.0 Å². The van der Waals surface area contributed by atoms with Crippen molar-refractivity contribution in [1.29, 1.82) is 0 Å². The Hall–Kier alpha value is -2.14. The summed E-state index contributed by atoms with van der Waals surface area (Å²) in [4.78, 5) is 11.1. The highest BCUT2D eigenvalue weighted by molar-refractivity contribution is 5.39. The summed E-state index contributed by atoms with van der Waals surface area (Å²) in [6, 6.07) is 10.9. The summed E-state index contributed by atoms with van der Waals surface area (Å²) in [5.41, 5.74) is 2.32. The van der Waals surface area contributed by atoms with Gasteiger partial charge in [0.25, 0.3) is 0 Å². The van der Waals surface area contributed by atoms with Crippen LogP contribution in [0.15, 0.2) is 36.7 Å². The fraction of sp³-hybridized carbons (Fsp3) is 0.474. The second kappa shape index (κ2) is 8.11. The maximum atomic E-state index is 5.42. The average Bonchev–Trinajstić information content (AvgIpc) is 2.67. The zero-order valence-electron chi connectivity index (χ0n) is 14.5. The molecule has 128 valence electrons. The molecule has 3 rings (SSSR count). The minimum atomic E-state index is 0.540. The summed E-state index contributed by atoms with van der Waals surface area (Å²) in [6.07, 6.45) is 4.88. The molecule has 0 bridgehead atoms. The second-order valence-corrected chi connectivity index (χ2v) is 6.18. The Labute approximate surface area is 144 Å². The summed E-state index contributed by atoms with van der Waals surface area (Å²) in [5, 5.41) is 3.67. The summed E-state index contributed by atoms with van der Waals surface area (Å²) in [5.74, 6) is 2.01. The predicted molar refractivity (Wildman–Crippen MR) is 96.5 cm³/mol. The topological polar surface area (TPSA) is 50.3 Å². The first-order chi connectivity index (χ1) is 11.8. The van der Waals surface area contributed by atoms with Gasteiger partial charge >= 0.3 is 0 Å². The predicted octanol–water partition coefficient (Wildman–Crippen LogP) is 2.81. The molecule has 0 saturated carbocycles. The summed E-state index contributed by atoms with van der Waals surface area (Å²) >= 11 is 0. The first kappa shape index (κ1) is 16.7. The van der Waals surface area contributed by atoms with Gasteiger partial charge in [-0.05, 0) is 25.3 Å². The number of ether oxygens (including phenoxy) is 1. The van der Waals surface area contributed by atoms with Gasteiger partial charge in [0.15, 0.2) is 0 Å². The largest absolute Gasteiger partial charge is 0.496 e. The number of hydrogen-bond donors (Lipinski definition) is 1. The molecule has 1 fully saturated rings. The number of benzene rings is 1. The molecule has 24 heavy (non-hydrogen) atoms. The lowest BCUT2D eigenvalue weighted by Gasteiger charge is -2.33. The lowest BCUT2D eigenvalue weighted by molar-refractivity contribution is 0.391. The van der Waals surface area contributed by atoms with Crippen LogP contribution in [0, 0.1) is 0 Å². The van der Waals surface area contributed by atoms with E-state index in [2.05, 4.69) is 45.3 Å². The fourth-order valence-corrected chi connectivity index (χ4v) is 3.17. The quantitative estimate of drug-likeness (QED) is 0.884. The Bertz CT molecular complexity index is 653. The molecule has 1 N–H and O–H groups in total. The second-order valence-electron chi connectivity index (χ2n) is 6.18. The number of nitrogens with zero attached hydrogens (tertiary/aromatic N) is 3. The molecule has 0 atom stereocenters. The fourth-order valence-electron chi connectivity index (χ4n) is 3.17. The van der Waals surface area contributed by atoms with Crippen molar-refractivity contribution >= 4 is 5.82 Å². The van der Waals surface area contributed by atoms with Crippen molar-refractivity contribution in [2.45, 2.75) is 38.8 Å². The zero-order chi connectivity index (χ0) is 16.8. The zero-order valence-corrected chi connectivity index (χ0v) is 14.5. The minimum Gasteiger partial charge on any atom is -0.496 e. The van der Waals surface area contributed by atoms with Crippen molar-refractivity contribution in [3.63, 3.8) is 0 Å². The Morgan fingerprint density at radius 2 is 2.00 bits per heavy atom. The molecule has 0 unspecified atom stereocenters. The van der Waals surface area contributed by atoms with Gasteiger partial charge in [-0.25, -0.2) is 9.97 Å². The number of methoxy groups -OCH3 is 1. The normalized spacial score (nSPS) is 15.5. The van der Waals surface area contributed by atoms with Gasteiger partial charge < -0.3 is 15.0 Å². The first-order valence-corrected chi connectivity index (χ1v) is 8.71. The van der Waals surface area contributed by atoms with Crippen LogP contribution in [0.1, 0.15) is 31.0 Å². The van der Waals surface area contributed by atoms with E-state index in [1.165, 1.54) is 5.56 Å². The third kappa shape index (κ3) is 4.03. The van der Waals surface area contributed by atoms with Crippen molar-refractivity contribution < 1.29 is 4.74 Å². The monoisotopic (exact) mass is 326 g/mol. The van der Waals surface area contributed by atoms with E-state index in [-0.39, 0.29) is 0 Å². The Morgan fingerprint density at radius 3 is 2.75 bits per heavy atom. The highest BCUT2D eigenvalue weighted by atomic mass is 16.5. The van der Waals surface area contributed by atoms with E-state index < -0.39 is 0 Å². The molecule has 0 aliphatic carbocycles. The Kier molecular flexibility index (Phi) is 5.64. The molecule has 5 nitrogen and oxygen atoms in total. The smallest absolute Gasteiger partial charge is 0.132 e. The van der Waals surface area contributed by atoms with Crippen LogP contribution in [0.4, 0.5) is 5.82 Å². The molecule has 2 aromatic rings. The van der Waals surface area contributed by atoms with Gasteiger partial charge in [-0.15, -0.1) is 0 Å². The number of anilines is 1. The third-order valence-electron chi connectivity index (χ3n) is 4.66. The van der Waals surface area contributed by atoms with Crippen molar-refractivity contribution in [2.24, 2.45) is 0 Å². The van der Waals surface area contributed by atoms with Gasteiger partial charge in [-0.2, -0.15) is 0 Å². The Balaban J connectivity index is 1.52. The van der Waals surface area contributed by atoms with Crippen LogP contribution in [0.25, 0.3) is 0 Å². The molecule has 1 aromatic heterocycles. The molecular weight excluding hydrogens is 300 g/mol. The molecule has 0 radical (unpaired) electrons. The third-order valence-corrected chi connectivity index (χ3v) is 4.66. The van der Waals surface area contributed by atoms with Gasteiger partial charge in [0.2, 0.25) is 0 Å². The number of aryl methyl sites for hydroxylation is 1. The van der Waals surface area contributed by atoms with Crippen LogP contribution in [-0.2, 0) is 13.0 Å². The van der Waals surface area contributed by atoms with Crippen molar-refractivity contribution in [1.82, 2.24) is 15.3 Å². The highest BCUT2D eigenvalue weighted by Crippen LogP contribution is 2.20. The summed E-state index contributed by atoms with van der Waals surface area (Å²) in [6.45, 7) is 5.04. The molecule has 2 heterocycles. The van der Waals surface area contributed by atoms with E-state index in [0.29, 0.717) is 6.04 Å². The van der Waals surface area contributed by atoms with Gasteiger partial charge in [0.05, 0.1) is 7.11 Å². The number of hydrogen-bond acceptors (Lipinski definition) is 5. The highest BCUT2D eigenvalue weighted by Gasteiger charge is 2.20. The number of nitrogens with one attached hydrogen (secondary N) is 1. The summed E-state index contributed by atoms with van der Waals surface area (Å²) in [7, 11) is 1.73. The van der Waals surface area contributed by atoms with Crippen molar-refractivity contribution in [3.05, 3.63) is 47.9 Å². The average molecular weight is 326 g/mol. The molecule has 0 spiro atoms. The van der Waals surface area contributed by atoms with Crippen LogP contribution in [0.5, 0.6) is 5.75 Å². The molecule has 0 amide bonds. The van der Waals surface area contributed by atoms with Crippen LogP contribution in [0.3, 0.4) is 0 Å². The van der Waals surface area contributed by atoms with Crippen LogP contribution in [0.2, 0.25) is 0 Å². The molecule has 1 aromatic carbocycles. The van der Waals surface area contributed by atoms with Crippen LogP contribution in [-0.4, -0.2) is 36.2 Å². The van der Waals surface area contributed by atoms with E-state index in [4.69, 9.17) is 4.74 Å². The van der Waals surface area contributed by atoms with Gasteiger partial charge in [0, 0.05) is 43.0 Å². The van der Waals surface area contributed by atoms with Gasteiger partial charge in [0.1, 0.15) is 17.9 Å². The van der Waals surface area contributed by atoms with Gasteiger partial charge in [-0.3, -0.25) is 0 Å². The number of piperidine rings is 1. The van der Waals surface area contributed by atoms with Crippen molar-refractivity contribution in [3.8, 4) is 5.75 Å². The van der Waals surface area contributed by atoms with E-state index in [9.17, 15) is 0 Å². The minimum absolute atomic E-state index is 0.540. The maximum Gasteiger partial charge on any atom is 0.132 e. The molecule has 1 saturated heterocycles. The van der Waals surface area contributed by atoms with Crippen LogP contribution >= 0.6 is 0 Å². The summed E-state index contributed by atoms with van der Waals surface area (Å²) < 4.78 is 5.42. The number of para-hydroxylation sites is 1. The SMILES string of the molecule is CCc1cc(N2CCC(NCc3ccccc3OC)CC2)ncn1. The lowest BCUT2D eigenvalue weighted by Crippen LogP contribution is -2.42. The van der Waals surface area contributed by atoms with E-state index >= 15 is 0 Å². The van der Waals surface area contributed by atoms with Crippen molar-refractivity contribution in [2.75, 3.05) is 25.1 Å². The Morgan fingerprint density at radius 1 is 1.21 bits per heavy atom. The van der Waals surface area contributed by atoms with E-state index in [1.54, 1.807) is 13.4 Å². The molecule has 1 aliphatic heterocycles. The standard InChI is InChI=1S/C19H26N4O/c1-3-16-12-19(22-14-21-16)23-10-8-17(9-11-23)20-13-15-6-4-5-7-18(15)24-2/h4-7,12,14,17,20H,3,8-11,13H2,1-2H3. The molecular formula is C19H26N4O. The van der Waals surface area contributed by atoms with E-state index in [1.807, 2.05) is 12.1 Å². The number of aromatic nitrogens is 2. The molecule has 5 heteroatoms. The van der Waals surface area contributed by atoms with E-state index in [0.717, 1.165) is 56.2 Å². The van der Waals surface area contributed by atoms with Gasteiger partial charge in [-0.1, -0.05) is 25.1 Å². The molecule has 1 aliphatic rings. The lowest BCUT2D eigenvalue weighted by atomic mass is 10.0.